The van der Waals surface area contributed by atoms with E-state index in [2.05, 4.69) is 4.72 Å². The van der Waals surface area contributed by atoms with Crippen molar-refractivity contribution in [2.24, 2.45) is 0 Å². The summed E-state index contributed by atoms with van der Waals surface area (Å²) in [6, 6.07) is 6.21. The van der Waals surface area contributed by atoms with Crippen molar-refractivity contribution in [3.63, 3.8) is 0 Å². The van der Waals surface area contributed by atoms with Crippen LogP contribution in [0.4, 0.5) is 0 Å². The minimum absolute atomic E-state index is 0.00663. The van der Waals surface area contributed by atoms with Crippen LogP contribution in [0.5, 0.6) is 0 Å². The molecule has 0 spiro atoms. The van der Waals surface area contributed by atoms with Gasteiger partial charge in [0.2, 0.25) is 27.7 Å². The molecule has 0 saturated carbocycles. The first-order valence-corrected chi connectivity index (χ1v) is 14.2. The second-order valence-corrected chi connectivity index (χ2v) is 10.8. The summed E-state index contributed by atoms with van der Waals surface area (Å²) < 4.78 is 46.4. The summed E-state index contributed by atoms with van der Waals surface area (Å²) in [7, 11) is -4.09. The average molecular weight is 593 g/mol. The summed E-state index contributed by atoms with van der Waals surface area (Å²) in [4.78, 5) is 33.8. The van der Waals surface area contributed by atoms with Crippen molar-refractivity contribution in [2.75, 3.05) is 39.6 Å². The summed E-state index contributed by atoms with van der Waals surface area (Å²) in [5, 5.41) is 25.9. The van der Waals surface area contributed by atoms with Gasteiger partial charge in [0, 0.05) is 26.1 Å². The molecule has 1 aromatic carbocycles. The highest BCUT2D eigenvalue weighted by Gasteiger charge is 2.37. The van der Waals surface area contributed by atoms with Crippen LogP contribution in [0.1, 0.15) is 50.5 Å². The van der Waals surface area contributed by atoms with Gasteiger partial charge in [-0.05, 0) is 44.7 Å². The maximum atomic E-state index is 13.3. The quantitative estimate of drug-likeness (QED) is 0.0551. The van der Waals surface area contributed by atoms with E-state index in [9.17, 15) is 22.8 Å². The third kappa shape index (κ3) is 14.6. The van der Waals surface area contributed by atoms with Crippen LogP contribution in [0.2, 0.25) is 0 Å². The van der Waals surface area contributed by atoms with Crippen molar-refractivity contribution < 1.29 is 52.6 Å². The zero-order valence-corrected chi connectivity index (χ0v) is 23.3. The predicted molar refractivity (Wildman–Crippen MR) is 139 cm³/mol. The Bertz CT molecular complexity index is 979. The van der Waals surface area contributed by atoms with Gasteiger partial charge in [0.05, 0.1) is 37.7 Å². The van der Waals surface area contributed by atoms with Gasteiger partial charge in [-0.3, -0.25) is 30.0 Å². The average Bonchev–Trinajstić information content (AvgIpc) is 2.94. The molecular formula is C24H40N4O11S. The molecule has 0 aliphatic heterocycles. The van der Waals surface area contributed by atoms with E-state index < -0.39 is 33.3 Å². The van der Waals surface area contributed by atoms with E-state index in [4.69, 9.17) is 29.8 Å². The topological polar surface area (TPSA) is 222 Å². The molecule has 0 fully saturated rings. The van der Waals surface area contributed by atoms with Gasteiger partial charge in [-0.2, -0.15) is 4.72 Å². The molecule has 0 aliphatic rings. The van der Waals surface area contributed by atoms with Gasteiger partial charge in [0.15, 0.2) is 0 Å². The lowest BCUT2D eigenvalue weighted by Gasteiger charge is -2.34. The Balaban J connectivity index is 3.01. The Hall–Kier alpha value is -2.70. The summed E-state index contributed by atoms with van der Waals surface area (Å²) >= 11 is 0. The van der Waals surface area contributed by atoms with Gasteiger partial charge in [-0.15, -0.1) is 0 Å². The smallest absolute Gasteiger partial charge is 0.245 e. The molecule has 3 amide bonds. The number of benzene rings is 1. The lowest BCUT2D eigenvalue weighted by Crippen LogP contribution is -2.58. The number of carbonyl (C=O) groups excluding carboxylic acids is 3. The zero-order chi connectivity index (χ0) is 29.9. The van der Waals surface area contributed by atoms with E-state index in [0.717, 1.165) is 5.56 Å². The third-order valence-corrected chi connectivity index (χ3v) is 7.14. The number of hydrogen-bond acceptors (Lipinski definition) is 11. The molecule has 15 nitrogen and oxygen atoms in total. The van der Waals surface area contributed by atoms with E-state index in [1.807, 2.05) is 6.92 Å². The normalized spacial score (nSPS) is 11.7. The van der Waals surface area contributed by atoms with E-state index >= 15 is 0 Å². The second-order valence-electron chi connectivity index (χ2n) is 9.13. The Kier molecular flexibility index (Phi) is 17.1. The van der Waals surface area contributed by atoms with Crippen molar-refractivity contribution in [2.45, 2.75) is 62.3 Å². The summed E-state index contributed by atoms with van der Waals surface area (Å²) in [5.41, 5.74) is 4.01. The first-order chi connectivity index (χ1) is 19.1. The fourth-order valence-corrected chi connectivity index (χ4v) is 4.75. The van der Waals surface area contributed by atoms with Crippen molar-refractivity contribution in [1.29, 1.82) is 0 Å². The Morgan fingerprint density at radius 3 is 1.57 bits per heavy atom. The molecular weight excluding hydrogens is 552 g/mol. The second kappa shape index (κ2) is 19.4. The van der Waals surface area contributed by atoms with Crippen molar-refractivity contribution >= 4 is 27.7 Å². The van der Waals surface area contributed by atoms with Gasteiger partial charge in [-0.1, -0.05) is 17.7 Å². The molecule has 0 heterocycles. The van der Waals surface area contributed by atoms with Crippen molar-refractivity contribution in [1.82, 2.24) is 21.2 Å². The van der Waals surface area contributed by atoms with Crippen LogP contribution in [0.15, 0.2) is 29.2 Å². The molecule has 0 aliphatic carbocycles. The minimum atomic E-state index is -4.09. The Labute approximate surface area is 233 Å². The number of unbranched alkanes of at least 4 members (excludes halogenated alkanes) is 2. The number of hydrogen-bond donors (Lipinski definition) is 7. The number of amides is 3. The van der Waals surface area contributed by atoms with Crippen molar-refractivity contribution in [3.05, 3.63) is 29.8 Å². The Morgan fingerprint density at radius 2 is 1.12 bits per heavy atom. The first-order valence-electron chi connectivity index (χ1n) is 12.7. The fraction of sp³-hybridized carbons (Fsp3) is 0.625. The van der Waals surface area contributed by atoms with Crippen LogP contribution in [0.25, 0.3) is 0 Å². The zero-order valence-electron chi connectivity index (χ0n) is 22.5. The Morgan fingerprint density at radius 1 is 0.700 bits per heavy atom. The number of nitrogens with one attached hydrogen (secondary N) is 4. The maximum Gasteiger partial charge on any atom is 0.245 e. The number of sulfonamides is 1. The third-order valence-electron chi connectivity index (χ3n) is 5.55. The van der Waals surface area contributed by atoms with Crippen LogP contribution in [-0.2, 0) is 38.6 Å². The van der Waals surface area contributed by atoms with Gasteiger partial charge < -0.3 is 14.2 Å². The molecule has 0 atom stereocenters. The molecule has 0 radical (unpaired) electrons. The molecule has 0 bridgehead atoms. The van der Waals surface area contributed by atoms with Crippen LogP contribution in [-0.4, -0.2) is 86.9 Å². The van der Waals surface area contributed by atoms with Crippen LogP contribution in [0.3, 0.4) is 0 Å². The first kappa shape index (κ1) is 35.3. The van der Waals surface area contributed by atoms with Crippen LogP contribution < -0.4 is 21.2 Å². The molecule has 0 saturated heterocycles. The van der Waals surface area contributed by atoms with E-state index in [1.165, 1.54) is 17.6 Å². The minimum Gasteiger partial charge on any atom is -0.379 e. The highest BCUT2D eigenvalue weighted by Crippen LogP contribution is 2.18. The van der Waals surface area contributed by atoms with Crippen LogP contribution in [0, 0.1) is 6.92 Å². The van der Waals surface area contributed by atoms with E-state index in [1.54, 1.807) is 23.1 Å². The number of aryl methyl sites for hydroxylation is 1. The summed E-state index contributed by atoms with van der Waals surface area (Å²) in [6.45, 7) is 1.38. The fourth-order valence-electron chi connectivity index (χ4n) is 3.39. The molecule has 1 aromatic rings. The lowest BCUT2D eigenvalue weighted by atomic mass is 10.1. The lowest BCUT2D eigenvalue weighted by molar-refractivity contribution is -0.131. The standard InChI is InChI=1S/C24H40N4O11S/c1-19-8-10-20(11-9-19)40(35,36)28-24(18-39-15-12-23(31)27-34,16-37-13-4-2-6-21(29)25-32)17-38-14-5-3-7-22(30)26-33/h8-11,28,32-34H,2-7,12-18H2,1H3,(H,25,29)(H,26,30)(H,27,31). The number of carbonyl (C=O) groups is 3. The molecule has 7 N–H and O–H groups in total. The predicted octanol–water partition coefficient (Wildman–Crippen LogP) is 0.309. The molecule has 228 valence electrons. The van der Waals surface area contributed by atoms with Crippen molar-refractivity contribution in [3.8, 4) is 0 Å². The molecule has 1 rings (SSSR count). The molecule has 16 heteroatoms. The van der Waals surface area contributed by atoms with E-state index in [0.29, 0.717) is 25.7 Å². The number of ether oxygens (including phenoxy) is 3. The monoisotopic (exact) mass is 592 g/mol. The van der Waals surface area contributed by atoms with Gasteiger partial charge in [0.1, 0.15) is 5.54 Å². The highest BCUT2D eigenvalue weighted by molar-refractivity contribution is 7.89. The van der Waals surface area contributed by atoms with Gasteiger partial charge >= 0.3 is 0 Å². The SMILES string of the molecule is Cc1ccc(S(=O)(=O)NC(COCCCCC(=O)NO)(COCCCCC(=O)NO)COCCC(=O)NO)cc1. The largest absolute Gasteiger partial charge is 0.379 e. The number of hydroxylamine groups is 3. The van der Waals surface area contributed by atoms with E-state index in [-0.39, 0.29) is 63.8 Å². The molecule has 40 heavy (non-hydrogen) atoms. The summed E-state index contributed by atoms with van der Waals surface area (Å²) in [6.07, 6.45) is 1.70. The summed E-state index contributed by atoms with van der Waals surface area (Å²) in [5.74, 6) is -1.76. The molecule has 0 aromatic heterocycles. The van der Waals surface area contributed by atoms with Crippen LogP contribution >= 0.6 is 0 Å². The highest BCUT2D eigenvalue weighted by atomic mass is 32.2. The van der Waals surface area contributed by atoms with Gasteiger partial charge in [-0.25, -0.2) is 24.9 Å². The molecule has 0 unspecified atom stereocenters. The van der Waals surface area contributed by atoms with Gasteiger partial charge in [0.25, 0.3) is 0 Å². The maximum absolute atomic E-state index is 13.3. The number of rotatable bonds is 22.